The molecule has 0 spiro atoms. The van der Waals surface area contributed by atoms with E-state index < -0.39 is 15.9 Å². The maximum absolute atomic E-state index is 12.2. The van der Waals surface area contributed by atoms with Gasteiger partial charge >= 0.3 is 0 Å². The van der Waals surface area contributed by atoms with Crippen LogP contribution < -0.4 is 10.6 Å². The minimum absolute atomic E-state index is 0.243. The predicted octanol–water partition coefficient (Wildman–Crippen LogP) is 3.93. The molecular formula is C15H14Cl3N3O. The fourth-order valence-corrected chi connectivity index (χ4v) is 2.13. The highest BCUT2D eigenvalue weighted by molar-refractivity contribution is 6.68. The second-order valence-electron chi connectivity index (χ2n) is 4.68. The normalized spacial score (nSPS) is 12.5. The molecule has 0 unspecified atom stereocenters. The number of nitrogens with one attached hydrogen (secondary N) is 2. The summed E-state index contributed by atoms with van der Waals surface area (Å²) in [4.78, 5) is 16.1. The van der Waals surface area contributed by atoms with E-state index in [1.165, 1.54) is 6.20 Å². The molecular weight excluding hydrogens is 345 g/mol. The van der Waals surface area contributed by atoms with Gasteiger partial charge in [0, 0.05) is 11.9 Å². The number of alkyl halides is 3. The van der Waals surface area contributed by atoms with Crippen molar-refractivity contribution in [2.45, 2.75) is 16.9 Å². The predicted molar refractivity (Wildman–Crippen MR) is 90.6 cm³/mol. The third-order valence-corrected chi connectivity index (χ3v) is 3.48. The van der Waals surface area contributed by atoms with Crippen molar-refractivity contribution < 1.29 is 4.79 Å². The molecule has 0 bridgehead atoms. The van der Waals surface area contributed by atoms with Gasteiger partial charge in [-0.05, 0) is 36.8 Å². The molecule has 0 radical (unpaired) electrons. The van der Waals surface area contributed by atoms with Gasteiger partial charge in [-0.25, -0.2) is 0 Å². The average molecular weight is 359 g/mol. The monoisotopic (exact) mass is 357 g/mol. The van der Waals surface area contributed by atoms with Crippen LogP contribution in [-0.4, -0.2) is 20.8 Å². The van der Waals surface area contributed by atoms with Crippen molar-refractivity contribution in [3.8, 4) is 0 Å². The summed E-state index contributed by atoms with van der Waals surface area (Å²) in [5.41, 5.74) is 2.02. The maximum Gasteiger partial charge on any atom is 0.271 e. The third kappa shape index (κ3) is 4.77. The van der Waals surface area contributed by atoms with Gasteiger partial charge in [0.15, 0.2) is 0 Å². The Morgan fingerprint density at radius 3 is 2.55 bits per heavy atom. The van der Waals surface area contributed by atoms with Crippen molar-refractivity contribution in [2.75, 3.05) is 5.32 Å². The van der Waals surface area contributed by atoms with E-state index in [4.69, 9.17) is 34.8 Å². The zero-order chi connectivity index (χ0) is 16.2. The number of halogens is 3. The highest BCUT2D eigenvalue weighted by Crippen LogP contribution is 2.31. The van der Waals surface area contributed by atoms with E-state index in [1.807, 2.05) is 31.2 Å². The number of nitrogens with zero attached hydrogens (tertiary/aromatic N) is 1. The summed E-state index contributed by atoms with van der Waals surface area (Å²) in [7, 11) is 0. The summed E-state index contributed by atoms with van der Waals surface area (Å²) in [6.45, 7) is 1.95. The molecule has 0 saturated carbocycles. The van der Waals surface area contributed by atoms with E-state index in [9.17, 15) is 4.79 Å². The van der Waals surface area contributed by atoms with Gasteiger partial charge in [-0.1, -0.05) is 53.0 Å². The van der Waals surface area contributed by atoms with Gasteiger partial charge in [0.05, 0.1) is 0 Å². The van der Waals surface area contributed by atoms with Crippen LogP contribution in [0.3, 0.4) is 0 Å². The number of amides is 1. The molecule has 7 heteroatoms. The lowest BCUT2D eigenvalue weighted by Gasteiger charge is -2.27. The van der Waals surface area contributed by atoms with Crippen molar-refractivity contribution in [2.24, 2.45) is 0 Å². The van der Waals surface area contributed by atoms with Gasteiger partial charge in [-0.2, -0.15) is 0 Å². The number of aryl methyl sites for hydroxylation is 1. The number of carbonyl (C=O) groups excluding carboxylic acids is 1. The third-order valence-electron chi connectivity index (χ3n) is 2.83. The first kappa shape index (κ1) is 16.9. The van der Waals surface area contributed by atoms with Gasteiger partial charge in [-0.15, -0.1) is 0 Å². The molecule has 116 valence electrons. The van der Waals surface area contributed by atoms with Crippen molar-refractivity contribution in [1.29, 1.82) is 0 Å². The molecule has 2 aromatic rings. The standard InChI is InChI=1S/C15H14Cl3N3O/c1-10-5-4-6-11(9-10)20-14(15(16,17)18)21-13(22)12-7-2-3-8-19-12/h2-9,14,20H,1H3,(H,21,22)/t14-/m0/s1. The van der Waals surface area contributed by atoms with Gasteiger partial charge in [0.25, 0.3) is 5.91 Å². The van der Waals surface area contributed by atoms with Crippen LogP contribution in [0, 0.1) is 6.92 Å². The Hall–Kier alpha value is -1.49. The number of aromatic nitrogens is 1. The summed E-state index contributed by atoms with van der Waals surface area (Å²) >= 11 is 17.9. The first-order valence-corrected chi connectivity index (χ1v) is 7.61. The van der Waals surface area contributed by atoms with Gasteiger partial charge in [-0.3, -0.25) is 9.78 Å². The highest BCUT2D eigenvalue weighted by Gasteiger charge is 2.34. The smallest absolute Gasteiger partial charge is 0.271 e. The van der Waals surface area contributed by atoms with Crippen LogP contribution >= 0.6 is 34.8 Å². The Labute approximate surface area is 143 Å². The van der Waals surface area contributed by atoms with E-state index >= 15 is 0 Å². The summed E-state index contributed by atoms with van der Waals surface area (Å²) in [5, 5.41) is 5.64. The lowest BCUT2D eigenvalue weighted by Crippen LogP contribution is -2.49. The molecule has 22 heavy (non-hydrogen) atoms. The van der Waals surface area contributed by atoms with Crippen LogP contribution in [0.2, 0.25) is 0 Å². The molecule has 1 heterocycles. The van der Waals surface area contributed by atoms with Gasteiger partial charge < -0.3 is 10.6 Å². The average Bonchev–Trinajstić information content (AvgIpc) is 2.46. The van der Waals surface area contributed by atoms with Crippen molar-refractivity contribution in [1.82, 2.24) is 10.3 Å². The summed E-state index contributed by atoms with van der Waals surface area (Å²) in [6, 6.07) is 12.5. The Bertz CT molecular complexity index is 644. The zero-order valence-electron chi connectivity index (χ0n) is 11.7. The van der Waals surface area contributed by atoms with Crippen LogP contribution in [0.5, 0.6) is 0 Å². The zero-order valence-corrected chi connectivity index (χ0v) is 14.0. The number of rotatable bonds is 4. The van der Waals surface area contributed by atoms with Crippen LogP contribution in [0.1, 0.15) is 16.1 Å². The van der Waals surface area contributed by atoms with E-state index in [0.29, 0.717) is 0 Å². The fourth-order valence-electron chi connectivity index (χ4n) is 1.80. The van der Waals surface area contributed by atoms with E-state index in [1.54, 1.807) is 18.2 Å². The lowest BCUT2D eigenvalue weighted by molar-refractivity contribution is 0.0937. The quantitative estimate of drug-likeness (QED) is 0.643. The molecule has 0 saturated heterocycles. The Kier molecular flexibility index (Phi) is 5.51. The molecule has 0 fully saturated rings. The number of hydrogen-bond donors (Lipinski definition) is 2. The molecule has 0 aliphatic rings. The summed E-state index contributed by atoms with van der Waals surface area (Å²) in [6.07, 6.45) is 0.613. The van der Waals surface area contributed by atoms with E-state index in [2.05, 4.69) is 15.6 Å². The molecule has 4 nitrogen and oxygen atoms in total. The number of pyridine rings is 1. The Balaban J connectivity index is 2.15. The largest absolute Gasteiger partial charge is 0.362 e. The minimum Gasteiger partial charge on any atom is -0.362 e. The highest BCUT2D eigenvalue weighted by atomic mass is 35.6. The second-order valence-corrected chi connectivity index (χ2v) is 7.05. The maximum atomic E-state index is 12.2. The Morgan fingerprint density at radius 2 is 1.95 bits per heavy atom. The topological polar surface area (TPSA) is 54.0 Å². The van der Waals surface area contributed by atoms with Crippen LogP contribution in [0.4, 0.5) is 5.69 Å². The van der Waals surface area contributed by atoms with Crippen molar-refractivity contribution >= 4 is 46.4 Å². The second kappa shape index (κ2) is 7.18. The minimum atomic E-state index is -1.73. The number of carbonyl (C=O) groups is 1. The van der Waals surface area contributed by atoms with Gasteiger partial charge in [0.1, 0.15) is 11.9 Å². The van der Waals surface area contributed by atoms with Crippen molar-refractivity contribution in [3.63, 3.8) is 0 Å². The first-order chi connectivity index (χ1) is 10.4. The number of benzene rings is 1. The van der Waals surface area contributed by atoms with Gasteiger partial charge in [0.2, 0.25) is 3.79 Å². The molecule has 0 aliphatic heterocycles. The molecule has 1 aromatic carbocycles. The molecule has 2 rings (SSSR count). The van der Waals surface area contributed by atoms with E-state index in [0.717, 1.165) is 11.3 Å². The molecule has 1 amide bonds. The molecule has 0 aliphatic carbocycles. The molecule has 2 N–H and O–H groups in total. The lowest BCUT2D eigenvalue weighted by atomic mass is 10.2. The van der Waals surface area contributed by atoms with Crippen LogP contribution in [0.25, 0.3) is 0 Å². The summed E-state index contributed by atoms with van der Waals surface area (Å²) in [5.74, 6) is -0.433. The summed E-state index contributed by atoms with van der Waals surface area (Å²) < 4.78 is -1.73. The van der Waals surface area contributed by atoms with Crippen molar-refractivity contribution in [3.05, 3.63) is 59.9 Å². The Morgan fingerprint density at radius 1 is 1.18 bits per heavy atom. The van der Waals surface area contributed by atoms with Crippen LogP contribution in [-0.2, 0) is 0 Å². The van der Waals surface area contributed by atoms with Crippen LogP contribution in [0.15, 0.2) is 48.7 Å². The fraction of sp³-hybridized carbons (Fsp3) is 0.200. The SMILES string of the molecule is Cc1cccc(N[C@@H](NC(=O)c2ccccn2)C(Cl)(Cl)Cl)c1. The molecule has 1 atom stereocenters. The first-order valence-electron chi connectivity index (χ1n) is 6.48. The van der Waals surface area contributed by atoms with E-state index in [-0.39, 0.29) is 5.69 Å². The molecule has 1 aromatic heterocycles. The number of hydrogen-bond acceptors (Lipinski definition) is 3. The number of anilines is 1.